The van der Waals surface area contributed by atoms with Gasteiger partial charge in [-0.15, -0.1) is 0 Å². The van der Waals surface area contributed by atoms with Gasteiger partial charge in [-0.2, -0.15) is 0 Å². The summed E-state index contributed by atoms with van der Waals surface area (Å²) in [4.78, 5) is 10.9. The Morgan fingerprint density at radius 2 is 2.08 bits per heavy atom. The minimum Gasteiger partial charge on any atom is -0.294 e. The number of hydrogen-bond donors (Lipinski definition) is 0. The van der Waals surface area contributed by atoms with Gasteiger partial charge in [0.25, 0.3) is 6.43 Å². The van der Waals surface area contributed by atoms with Gasteiger partial charge in [-0.1, -0.05) is 15.9 Å². The topological polar surface area (TPSA) is 17.1 Å². The van der Waals surface area contributed by atoms with Crippen molar-refractivity contribution in [2.24, 2.45) is 0 Å². The number of carbonyl (C=O) groups excluding carboxylic acids is 1. The van der Waals surface area contributed by atoms with E-state index in [1.54, 1.807) is 6.07 Å². The summed E-state index contributed by atoms with van der Waals surface area (Å²) < 4.78 is 25.3. The molecular formula is C9H7BrF2O. The summed E-state index contributed by atoms with van der Waals surface area (Å²) in [7, 11) is 0. The van der Waals surface area contributed by atoms with Gasteiger partial charge >= 0.3 is 0 Å². The SMILES string of the molecule is CC(=O)c1ccc(Br)cc1C(F)F. The molecule has 0 spiro atoms. The Morgan fingerprint density at radius 3 is 2.54 bits per heavy atom. The van der Waals surface area contributed by atoms with Crippen LogP contribution < -0.4 is 0 Å². The molecule has 0 saturated heterocycles. The summed E-state index contributed by atoms with van der Waals surface area (Å²) in [6.45, 7) is 1.27. The molecule has 0 saturated carbocycles. The van der Waals surface area contributed by atoms with E-state index in [9.17, 15) is 13.6 Å². The number of rotatable bonds is 2. The highest BCUT2D eigenvalue weighted by Crippen LogP contribution is 2.26. The molecule has 0 unspecified atom stereocenters. The lowest BCUT2D eigenvalue weighted by Crippen LogP contribution is -1.99. The molecule has 1 nitrogen and oxygen atoms in total. The highest BCUT2D eigenvalue weighted by atomic mass is 79.9. The van der Waals surface area contributed by atoms with Gasteiger partial charge in [-0.3, -0.25) is 4.79 Å². The van der Waals surface area contributed by atoms with Crippen LogP contribution in [0, 0.1) is 0 Å². The quantitative estimate of drug-likeness (QED) is 0.732. The Balaban J connectivity index is 3.26. The molecule has 13 heavy (non-hydrogen) atoms. The van der Waals surface area contributed by atoms with Gasteiger partial charge in [0.1, 0.15) is 0 Å². The zero-order chi connectivity index (χ0) is 10.0. The Morgan fingerprint density at radius 1 is 1.46 bits per heavy atom. The van der Waals surface area contributed by atoms with E-state index in [-0.39, 0.29) is 16.9 Å². The number of ketones is 1. The third-order valence-corrected chi connectivity index (χ3v) is 2.12. The maximum atomic E-state index is 12.4. The number of alkyl halides is 2. The fourth-order valence-corrected chi connectivity index (χ4v) is 1.41. The Kier molecular flexibility index (Phi) is 3.14. The molecule has 0 amide bonds. The summed E-state index contributed by atoms with van der Waals surface area (Å²) in [6, 6.07) is 4.23. The van der Waals surface area contributed by atoms with Crippen LogP contribution >= 0.6 is 15.9 Å². The third kappa shape index (κ3) is 2.34. The lowest BCUT2D eigenvalue weighted by Gasteiger charge is -2.05. The van der Waals surface area contributed by atoms with Crippen molar-refractivity contribution in [3.05, 3.63) is 33.8 Å². The molecule has 0 N–H and O–H groups in total. The number of benzene rings is 1. The third-order valence-electron chi connectivity index (χ3n) is 1.63. The molecule has 0 heterocycles. The maximum Gasteiger partial charge on any atom is 0.264 e. The van der Waals surface area contributed by atoms with Crippen LogP contribution in [-0.2, 0) is 0 Å². The molecule has 0 aliphatic heterocycles. The zero-order valence-electron chi connectivity index (χ0n) is 6.85. The van der Waals surface area contributed by atoms with Crippen LogP contribution in [0.4, 0.5) is 8.78 Å². The molecule has 0 aliphatic carbocycles. The van der Waals surface area contributed by atoms with Crippen molar-refractivity contribution in [3.63, 3.8) is 0 Å². The average molecular weight is 249 g/mol. The molecule has 70 valence electrons. The van der Waals surface area contributed by atoms with Crippen molar-refractivity contribution in [1.82, 2.24) is 0 Å². The minimum absolute atomic E-state index is 0.0817. The second-order valence-electron chi connectivity index (χ2n) is 2.59. The molecule has 1 aromatic rings. The molecule has 4 heteroatoms. The average Bonchev–Trinajstić information content (AvgIpc) is 2.03. The largest absolute Gasteiger partial charge is 0.294 e. The summed E-state index contributed by atoms with van der Waals surface area (Å²) in [5, 5.41) is 0. The first-order valence-electron chi connectivity index (χ1n) is 3.61. The van der Waals surface area contributed by atoms with Crippen LogP contribution in [0.1, 0.15) is 29.3 Å². The number of hydrogen-bond acceptors (Lipinski definition) is 1. The van der Waals surface area contributed by atoms with Crippen molar-refractivity contribution in [2.75, 3.05) is 0 Å². The summed E-state index contributed by atoms with van der Waals surface area (Å²) in [5.74, 6) is -0.345. The van der Waals surface area contributed by atoms with E-state index in [0.717, 1.165) is 0 Å². The van der Waals surface area contributed by atoms with Crippen LogP contribution in [0.3, 0.4) is 0 Å². The maximum absolute atomic E-state index is 12.4. The summed E-state index contributed by atoms with van der Waals surface area (Å²) in [6.07, 6.45) is -2.61. The van der Waals surface area contributed by atoms with E-state index >= 15 is 0 Å². The molecule has 0 aliphatic rings. The van der Waals surface area contributed by atoms with E-state index in [1.165, 1.54) is 19.1 Å². The van der Waals surface area contributed by atoms with E-state index in [1.807, 2.05) is 0 Å². The first kappa shape index (κ1) is 10.3. The van der Waals surface area contributed by atoms with E-state index in [4.69, 9.17) is 0 Å². The minimum atomic E-state index is -2.61. The number of halogens is 3. The number of carbonyl (C=O) groups is 1. The van der Waals surface area contributed by atoms with E-state index < -0.39 is 6.43 Å². The molecule has 1 aromatic carbocycles. The van der Waals surface area contributed by atoms with Crippen molar-refractivity contribution < 1.29 is 13.6 Å². The molecule has 0 atom stereocenters. The molecule has 1 rings (SSSR count). The molecule has 0 aromatic heterocycles. The lowest BCUT2D eigenvalue weighted by atomic mass is 10.1. The van der Waals surface area contributed by atoms with Crippen LogP contribution in [-0.4, -0.2) is 5.78 Å². The van der Waals surface area contributed by atoms with E-state index in [2.05, 4.69) is 15.9 Å². The fourth-order valence-electron chi connectivity index (χ4n) is 1.03. The summed E-state index contributed by atoms with van der Waals surface area (Å²) >= 11 is 3.07. The van der Waals surface area contributed by atoms with Crippen molar-refractivity contribution in [3.8, 4) is 0 Å². The molecule has 0 bridgehead atoms. The molecule has 0 fully saturated rings. The van der Waals surface area contributed by atoms with Crippen LogP contribution in [0.25, 0.3) is 0 Å². The monoisotopic (exact) mass is 248 g/mol. The van der Waals surface area contributed by atoms with Gasteiger partial charge in [0.05, 0.1) is 0 Å². The second-order valence-corrected chi connectivity index (χ2v) is 3.50. The second kappa shape index (κ2) is 3.96. The fraction of sp³-hybridized carbons (Fsp3) is 0.222. The standard InChI is InChI=1S/C9H7BrF2O/c1-5(13)7-3-2-6(10)4-8(7)9(11)12/h2-4,9H,1H3. The number of Topliss-reactive ketones (excluding diaryl/α,β-unsaturated/α-hetero) is 1. The normalized spacial score (nSPS) is 10.5. The van der Waals surface area contributed by atoms with Gasteiger partial charge in [0, 0.05) is 15.6 Å². The summed E-state index contributed by atoms with van der Waals surface area (Å²) in [5.41, 5.74) is -0.139. The van der Waals surface area contributed by atoms with Crippen LogP contribution in [0.5, 0.6) is 0 Å². The van der Waals surface area contributed by atoms with Gasteiger partial charge in [-0.05, 0) is 25.1 Å². The van der Waals surface area contributed by atoms with Crippen LogP contribution in [0.15, 0.2) is 22.7 Å². The van der Waals surface area contributed by atoms with Gasteiger partial charge < -0.3 is 0 Å². The smallest absolute Gasteiger partial charge is 0.264 e. The Hall–Kier alpha value is -0.770. The van der Waals surface area contributed by atoms with Gasteiger partial charge in [0.2, 0.25) is 0 Å². The van der Waals surface area contributed by atoms with E-state index in [0.29, 0.717) is 4.47 Å². The highest BCUT2D eigenvalue weighted by Gasteiger charge is 2.15. The zero-order valence-corrected chi connectivity index (χ0v) is 8.44. The predicted octanol–water partition coefficient (Wildman–Crippen LogP) is 3.59. The predicted molar refractivity (Wildman–Crippen MR) is 49.1 cm³/mol. The van der Waals surface area contributed by atoms with Gasteiger partial charge in [0.15, 0.2) is 5.78 Å². The lowest BCUT2D eigenvalue weighted by molar-refractivity contribution is 0.0999. The van der Waals surface area contributed by atoms with Gasteiger partial charge in [-0.25, -0.2) is 8.78 Å². The Bertz CT molecular complexity index is 336. The Labute approximate surface area is 82.9 Å². The van der Waals surface area contributed by atoms with Crippen molar-refractivity contribution >= 4 is 21.7 Å². The van der Waals surface area contributed by atoms with Crippen molar-refractivity contribution in [2.45, 2.75) is 13.3 Å². The first-order valence-corrected chi connectivity index (χ1v) is 4.40. The first-order chi connectivity index (χ1) is 6.02. The molecular weight excluding hydrogens is 242 g/mol. The van der Waals surface area contributed by atoms with Crippen molar-refractivity contribution in [1.29, 1.82) is 0 Å². The molecule has 0 radical (unpaired) electrons. The highest BCUT2D eigenvalue weighted by molar-refractivity contribution is 9.10. The van der Waals surface area contributed by atoms with Crippen LogP contribution in [0.2, 0.25) is 0 Å².